The number of halogens is 2. The van der Waals surface area contributed by atoms with Crippen LogP contribution in [0.15, 0.2) is 71.2 Å². The predicted octanol–water partition coefficient (Wildman–Crippen LogP) is 4.03. The number of alkyl halides is 2. The van der Waals surface area contributed by atoms with Crippen molar-refractivity contribution >= 4 is 28.3 Å². The fraction of sp³-hybridized carbons (Fsp3) is 0.167. The van der Waals surface area contributed by atoms with Gasteiger partial charge >= 0.3 is 6.61 Å². The highest BCUT2D eigenvalue weighted by molar-refractivity contribution is 6.12. The van der Waals surface area contributed by atoms with E-state index in [-0.39, 0.29) is 11.3 Å². The zero-order valence-electron chi connectivity index (χ0n) is 18.5. The lowest BCUT2D eigenvalue weighted by molar-refractivity contribution is -0.0498. The van der Waals surface area contributed by atoms with Crippen LogP contribution in [0.5, 0.6) is 5.75 Å². The Balaban J connectivity index is 1.94. The summed E-state index contributed by atoms with van der Waals surface area (Å²) in [5.74, 6) is 0.564. The van der Waals surface area contributed by atoms with Crippen LogP contribution in [0.4, 0.5) is 14.6 Å². The Kier molecular flexibility index (Phi) is 6.48. The lowest BCUT2D eigenvalue weighted by atomic mass is 10.0. The van der Waals surface area contributed by atoms with Crippen LogP contribution in [0, 0.1) is 5.41 Å². The number of fused-ring (bicyclic) bond motifs is 1. The van der Waals surface area contributed by atoms with Gasteiger partial charge in [0.1, 0.15) is 22.6 Å². The summed E-state index contributed by atoms with van der Waals surface area (Å²) in [4.78, 5) is 18.3. The minimum absolute atomic E-state index is 0.0167. The number of rotatable bonds is 7. The SMILES string of the molecule is CCNc1ccc2nn(C3=C/C(=C/NC)C(=N)C=C3)c(=O)c(-c3ccc(OC(F)F)cc3)c2n1. The molecule has 0 atom stereocenters. The number of nitrogens with one attached hydrogen (secondary N) is 3. The molecule has 0 spiro atoms. The Morgan fingerprint density at radius 1 is 1.18 bits per heavy atom. The minimum Gasteiger partial charge on any atom is -0.435 e. The second-order valence-corrected chi connectivity index (χ2v) is 7.29. The largest absolute Gasteiger partial charge is 0.435 e. The van der Waals surface area contributed by atoms with Crippen LogP contribution in [0.25, 0.3) is 27.9 Å². The fourth-order valence-corrected chi connectivity index (χ4v) is 3.55. The third-order valence-electron chi connectivity index (χ3n) is 5.03. The van der Waals surface area contributed by atoms with Gasteiger partial charge in [0.15, 0.2) is 0 Å². The van der Waals surface area contributed by atoms with E-state index >= 15 is 0 Å². The molecule has 8 nitrogen and oxygen atoms in total. The normalized spacial score (nSPS) is 14.6. The van der Waals surface area contributed by atoms with Crippen LogP contribution < -0.4 is 20.9 Å². The molecule has 0 radical (unpaired) electrons. The molecule has 3 aromatic rings. The Hall–Kier alpha value is -4.34. The van der Waals surface area contributed by atoms with Gasteiger partial charge in [-0.05, 0) is 55.0 Å². The van der Waals surface area contributed by atoms with Gasteiger partial charge in [-0.25, -0.2) is 4.98 Å². The van der Waals surface area contributed by atoms with Crippen molar-refractivity contribution in [2.45, 2.75) is 13.5 Å². The van der Waals surface area contributed by atoms with Gasteiger partial charge in [-0.3, -0.25) is 4.79 Å². The molecule has 2 heterocycles. The number of hydrogen-bond donors (Lipinski definition) is 3. The van der Waals surface area contributed by atoms with E-state index in [1.165, 1.54) is 28.9 Å². The highest BCUT2D eigenvalue weighted by Crippen LogP contribution is 2.28. The van der Waals surface area contributed by atoms with Gasteiger partial charge in [0.05, 0.1) is 17.0 Å². The number of aromatic nitrogens is 3. The van der Waals surface area contributed by atoms with Crippen molar-refractivity contribution in [3.05, 3.63) is 76.8 Å². The first-order valence-electron chi connectivity index (χ1n) is 10.5. The van der Waals surface area contributed by atoms with E-state index in [0.29, 0.717) is 45.9 Å². The molecule has 4 rings (SSSR count). The number of ether oxygens (including phenoxy) is 1. The van der Waals surface area contributed by atoms with Gasteiger partial charge in [-0.2, -0.15) is 18.6 Å². The van der Waals surface area contributed by atoms with E-state index in [1.54, 1.807) is 43.6 Å². The van der Waals surface area contributed by atoms with Crippen LogP contribution in [0.2, 0.25) is 0 Å². The number of benzene rings is 1. The maximum absolute atomic E-state index is 13.7. The van der Waals surface area contributed by atoms with Gasteiger partial charge in [0, 0.05) is 25.4 Å². The van der Waals surface area contributed by atoms with Gasteiger partial charge < -0.3 is 20.8 Å². The van der Waals surface area contributed by atoms with Crippen molar-refractivity contribution in [1.82, 2.24) is 20.1 Å². The molecule has 1 aromatic carbocycles. The number of anilines is 1. The first kappa shape index (κ1) is 22.8. The summed E-state index contributed by atoms with van der Waals surface area (Å²) in [6, 6.07) is 9.35. The van der Waals surface area contributed by atoms with Crippen molar-refractivity contribution in [3.8, 4) is 16.9 Å². The smallest absolute Gasteiger partial charge is 0.387 e. The molecule has 1 aliphatic carbocycles. The van der Waals surface area contributed by atoms with Gasteiger partial charge in [-0.1, -0.05) is 12.1 Å². The van der Waals surface area contributed by atoms with Crippen LogP contribution >= 0.6 is 0 Å². The van der Waals surface area contributed by atoms with E-state index in [2.05, 4.69) is 25.5 Å². The molecule has 0 bridgehead atoms. The highest BCUT2D eigenvalue weighted by atomic mass is 19.3. The van der Waals surface area contributed by atoms with Crippen molar-refractivity contribution < 1.29 is 13.5 Å². The Morgan fingerprint density at radius 3 is 2.62 bits per heavy atom. The minimum atomic E-state index is -2.95. The number of hydrogen-bond acceptors (Lipinski definition) is 7. The summed E-state index contributed by atoms with van der Waals surface area (Å²) < 4.78 is 30.8. The lowest BCUT2D eigenvalue weighted by Crippen LogP contribution is -2.25. The van der Waals surface area contributed by atoms with Gasteiger partial charge in [0.25, 0.3) is 5.56 Å². The summed E-state index contributed by atoms with van der Waals surface area (Å²) in [5, 5.41) is 18.6. The molecule has 0 saturated carbocycles. The molecule has 3 N–H and O–H groups in total. The summed E-state index contributed by atoms with van der Waals surface area (Å²) in [6.45, 7) is -0.374. The molecule has 0 amide bonds. The molecular weight excluding hydrogens is 442 g/mol. The standard InChI is InChI=1S/C24H22F2N6O2/c1-3-29-20-11-10-19-22(30-20)21(14-4-7-17(8-5-14)34-24(25)26)23(33)32(31-19)16-6-9-18(27)15(12-16)13-28-2/h4-13,24,27-28H,3H2,1-2H3,(H,29,30)/b15-13-,27-18?. The zero-order valence-corrected chi connectivity index (χ0v) is 18.5. The summed E-state index contributed by atoms with van der Waals surface area (Å²) in [6.07, 6.45) is 6.56. The fourth-order valence-electron chi connectivity index (χ4n) is 3.55. The Bertz CT molecular complexity index is 1390. The van der Waals surface area contributed by atoms with Crippen molar-refractivity contribution in [2.75, 3.05) is 18.9 Å². The maximum atomic E-state index is 13.7. The second-order valence-electron chi connectivity index (χ2n) is 7.29. The number of nitrogens with zero attached hydrogens (tertiary/aromatic N) is 3. The van der Waals surface area contributed by atoms with E-state index in [4.69, 9.17) is 5.41 Å². The first-order valence-corrected chi connectivity index (χ1v) is 10.5. The molecule has 174 valence electrons. The summed E-state index contributed by atoms with van der Waals surface area (Å²) in [7, 11) is 1.72. The van der Waals surface area contributed by atoms with Gasteiger partial charge in [0.2, 0.25) is 0 Å². The average molecular weight is 464 g/mol. The van der Waals surface area contributed by atoms with Crippen molar-refractivity contribution in [2.24, 2.45) is 0 Å². The molecule has 2 aromatic heterocycles. The van der Waals surface area contributed by atoms with E-state index in [1.807, 2.05) is 6.92 Å². The molecule has 34 heavy (non-hydrogen) atoms. The molecule has 0 aliphatic heterocycles. The van der Waals surface area contributed by atoms with Gasteiger partial charge in [-0.15, -0.1) is 0 Å². The van der Waals surface area contributed by atoms with E-state index in [0.717, 1.165) is 0 Å². The monoisotopic (exact) mass is 464 g/mol. The molecule has 10 heteroatoms. The second kappa shape index (κ2) is 9.65. The summed E-state index contributed by atoms with van der Waals surface area (Å²) >= 11 is 0. The molecule has 0 fully saturated rings. The van der Waals surface area contributed by atoms with Crippen molar-refractivity contribution in [3.63, 3.8) is 0 Å². The predicted molar refractivity (Wildman–Crippen MR) is 128 cm³/mol. The maximum Gasteiger partial charge on any atom is 0.387 e. The Morgan fingerprint density at radius 2 is 1.94 bits per heavy atom. The van der Waals surface area contributed by atoms with Crippen LogP contribution in [-0.4, -0.2) is 40.7 Å². The number of allylic oxidation sites excluding steroid dienone is 5. The molecular formula is C24H22F2N6O2. The topological polar surface area (TPSA) is 105 Å². The van der Waals surface area contributed by atoms with E-state index < -0.39 is 12.2 Å². The molecule has 1 aliphatic rings. The summed E-state index contributed by atoms with van der Waals surface area (Å²) in [5.41, 5.74) is 2.50. The van der Waals surface area contributed by atoms with Crippen LogP contribution in [-0.2, 0) is 0 Å². The van der Waals surface area contributed by atoms with E-state index in [9.17, 15) is 13.6 Å². The third-order valence-corrected chi connectivity index (χ3v) is 5.03. The quantitative estimate of drug-likeness (QED) is 0.488. The van der Waals surface area contributed by atoms with Crippen LogP contribution in [0.1, 0.15) is 6.92 Å². The lowest BCUT2D eigenvalue weighted by Gasteiger charge is -2.15. The zero-order chi connectivity index (χ0) is 24.2. The third kappa shape index (κ3) is 4.56. The first-order chi connectivity index (χ1) is 16.4. The highest BCUT2D eigenvalue weighted by Gasteiger charge is 2.19. The molecule has 0 saturated heterocycles. The van der Waals surface area contributed by atoms with Crippen molar-refractivity contribution in [1.29, 1.82) is 5.41 Å². The van der Waals surface area contributed by atoms with Crippen LogP contribution in [0.3, 0.4) is 0 Å². The number of pyridine rings is 1. The molecule has 0 unspecified atom stereocenters. The average Bonchev–Trinajstić information content (AvgIpc) is 2.81. The Labute approximate surface area is 193 Å².